The zero-order valence-corrected chi connectivity index (χ0v) is 13.2. The quantitative estimate of drug-likeness (QED) is 0.923. The van der Waals surface area contributed by atoms with Gasteiger partial charge in [-0.25, -0.2) is 4.98 Å². The van der Waals surface area contributed by atoms with Crippen LogP contribution in [0.25, 0.3) is 10.6 Å². The van der Waals surface area contributed by atoms with Crippen LogP contribution in [0.15, 0.2) is 23.6 Å². The number of hydrogen-bond acceptors (Lipinski definition) is 4. The third kappa shape index (κ3) is 3.72. The normalized spacial score (nSPS) is 10.4. The van der Waals surface area contributed by atoms with E-state index in [9.17, 15) is 9.59 Å². The predicted molar refractivity (Wildman–Crippen MR) is 82.2 cm³/mol. The van der Waals surface area contributed by atoms with E-state index < -0.39 is 11.9 Å². The third-order valence-electron chi connectivity index (χ3n) is 2.61. The number of halogens is 2. The number of aliphatic carboxylic acids is 1. The first-order valence-corrected chi connectivity index (χ1v) is 7.40. The molecule has 0 radical (unpaired) electrons. The number of carbonyl (C=O) groups excluding carboxylic acids is 1. The highest BCUT2D eigenvalue weighted by Crippen LogP contribution is 2.30. The summed E-state index contributed by atoms with van der Waals surface area (Å²) in [7, 11) is 1.41. The molecule has 21 heavy (non-hydrogen) atoms. The summed E-state index contributed by atoms with van der Waals surface area (Å²) in [4.78, 5) is 27.9. The summed E-state index contributed by atoms with van der Waals surface area (Å²) in [5.41, 5.74) is 0.944. The van der Waals surface area contributed by atoms with Gasteiger partial charge in [0.15, 0.2) is 0 Å². The average Bonchev–Trinajstić information content (AvgIpc) is 2.89. The minimum absolute atomic E-state index is 0.199. The average molecular weight is 345 g/mol. The molecule has 0 saturated heterocycles. The molecule has 8 heteroatoms. The van der Waals surface area contributed by atoms with Crippen molar-refractivity contribution in [3.8, 4) is 10.6 Å². The summed E-state index contributed by atoms with van der Waals surface area (Å²) in [6.07, 6.45) is 0. The maximum atomic E-state index is 12.0. The van der Waals surface area contributed by atoms with E-state index in [1.165, 1.54) is 18.4 Å². The van der Waals surface area contributed by atoms with Crippen LogP contribution in [0.4, 0.5) is 0 Å². The zero-order valence-electron chi connectivity index (χ0n) is 10.8. The Bertz CT molecular complexity index is 702. The predicted octanol–water partition coefficient (Wildman–Crippen LogP) is 3.27. The molecule has 1 heterocycles. The second-order valence-electron chi connectivity index (χ2n) is 4.22. The smallest absolute Gasteiger partial charge is 0.323 e. The van der Waals surface area contributed by atoms with Crippen molar-refractivity contribution >= 4 is 46.4 Å². The van der Waals surface area contributed by atoms with Crippen molar-refractivity contribution in [2.75, 3.05) is 13.6 Å². The maximum absolute atomic E-state index is 12.0. The van der Waals surface area contributed by atoms with E-state index >= 15 is 0 Å². The van der Waals surface area contributed by atoms with Crippen molar-refractivity contribution in [2.45, 2.75) is 0 Å². The number of rotatable bonds is 4. The van der Waals surface area contributed by atoms with Gasteiger partial charge in [-0.2, -0.15) is 0 Å². The van der Waals surface area contributed by atoms with Crippen LogP contribution in [0.3, 0.4) is 0 Å². The van der Waals surface area contributed by atoms with Crippen LogP contribution in [0.1, 0.15) is 10.5 Å². The molecule has 0 atom stereocenters. The lowest BCUT2D eigenvalue weighted by Crippen LogP contribution is -2.32. The van der Waals surface area contributed by atoms with Crippen LogP contribution in [0.2, 0.25) is 10.0 Å². The fourth-order valence-corrected chi connectivity index (χ4v) is 2.69. The topological polar surface area (TPSA) is 70.5 Å². The first-order valence-electron chi connectivity index (χ1n) is 5.76. The van der Waals surface area contributed by atoms with Crippen molar-refractivity contribution in [2.24, 2.45) is 0 Å². The highest BCUT2D eigenvalue weighted by molar-refractivity contribution is 7.13. The molecule has 0 aliphatic heterocycles. The number of hydrogen-bond donors (Lipinski definition) is 1. The maximum Gasteiger partial charge on any atom is 0.323 e. The molecular formula is C13H10Cl2N2O3S. The van der Waals surface area contributed by atoms with Gasteiger partial charge in [0.05, 0.1) is 10.0 Å². The summed E-state index contributed by atoms with van der Waals surface area (Å²) >= 11 is 13.1. The second-order valence-corrected chi connectivity index (χ2v) is 5.89. The standard InChI is InChI=1S/C13H10Cl2N2O3S/c1-17(5-11(18)19)13(20)10-6-21-12(16-10)7-2-3-8(14)9(15)4-7/h2-4,6H,5H2,1H3,(H,18,19). The molecule has 0 aliphatic carbocycles. The van der Waals surface area contributed by atoms with Crippen LogP contribution in [-0.4, -0.2) is 40.5 Å². The Kier molecular flexibility index (Phi) is 4.82. The van der Waals surface area contributed by atoms with Gasteiger partial charge in [-0.15, -0.1) is 11.3 Å². The molecule has 0 saturated carbocycles. The van der Waals surface area contributed by atoms with Crippen molar-refractivity contribution in [3.63, 3.8) is 0 Å². The molecule has 110 valence electrons. The van der Waals surface area contributed by atoms with E-state index in [1.807, 2.05) is 0 Å². The molecule has 0 aliphatic rings. The Morgan fingerprint density at radius 2 is 2.05 bits per heavy atom. The summed E-state index contributed by atoms with van der Waals surface area (Å²) < 4.78 is 0. The molecule has 0 bridgehead atoms. The Balaban J connectivity index is 2.23. The van der Waals surface area contributed by atoms with Gasteiger partial charge in [0.25, 0.3) is 5.91 Å². The van der Waals surface area contributed by atoms with Crippen molar-refractivity contribution in [3.05, 3.63) is 39.3 Å². The number of likely N-dealkylation sites (N-methyl/N-ethyl adjacent to an activating group) is 1. The Morgan fingerprint density at radius 3 is 2.67 bits per heavy atom. The first-order chi connectivity index (χ1) is 9.88. The minimum Gasteiger partial charge on any atom is -0.480 e. The van der Waals surface area contributed by atoms with Crippen LogP contribution in [0, 0.1) is 0 Å². The summed E-state index contributed by atoms with van der Waals surface area (Å²) in [5, 5.41) is 11.7. The molecule has 5 nitrogen and oxygen atoms in total. The number of carboxylic acid groups (broad SMARTS) is 1. The Labute approximate surface area is 134 Å². The molecule has 1 aromatic carbocycles. The number of aromatic nitrogens is 1. The lowest BCUT2D eigenvalue weighted by Gasteiger charge is -2.12. The Morgan fingerprint density at radius 1 is 1.33 bits per heavy atom. The molecule has 1 aromatic heterocycles. The summed E-state index contributed by atoms with van der Waals surface area (Å²) in [6, 6.07) is 5.07. The first kappa shape index (κ1) is 15.8. The van der Waals surface area contributed by atoms with Crippen molar-refractivity contribution in [1.82, 2.24) is 9.88 Å². The Hall–Kier alpha value is -1.63. The van der Waals surface area contributed by atoms with E-state index in [2.05, 4.69) is 4.98 Å². The number of thiazole rings is 1. The van der Waals surface area contributed by atoms with Gasteiger partial charge in [0, 0.05) is 18.0 Å². The van der Waals surface area contributed by atoms with Gasteiger partial charge in [-0.05, 0) is 12.1 Å². The van der Waals surface area contributed by atoms with E-state index in [0.717, 1.165) is 10.5 Å². The lowest BCUT2D eigenvalue weighted by molar-refractivity contribution is -0.137. The van der Waals surface area contributed by atoms with Crippen molar-refractivity contribution < 1.29 is 14.7 Å². The van der Waals surface area contributed by atoms with Crippen molar-refractivity contribution in [1.29, 1.82) is 0 Å². The largest absolute Gasteiger partial charge is 0.480 e. The third-order valence-corrected chi connectivity index (χ3v) is 4.24. The van der Waals surface area contributed by atoms with E-state index in [-0.39, 0.29) is 12.2 Å². The van der Waals surface area contributed by atoms with Gasteiger partial charge >= 0.3 is 5.97 Å². The van der Waals surface area contributed by atoms with E-state index in [4.69, 9.17) is 28.3 Å². The molecular weight excluding hydrogens is 335 g/mol. The number of carboxylic acids is 1. The molecule has 2 aromatic rings. The van der Waals surface area contributed by atoms with Gasteiger partial charge in [0.2, 0.25) is 0 Å². The molecule has 0 spiro atoms. The summed E-state index contributed by atoms with van der Waals surface area (Å²) in [5.74, 6) is -1.52. The lowest BCUT2D eigenvalue weighted by atomic mass is 10.2. The molecule has 1 N–H and O–H groups in total. The zero-order chi connectivity index (χ0) is 15.6. The molecule has 0 unspecified atom stereocenters. The highest BCUT2D eigenvalue weighted by Gasteiger charge is 2.18. The summed E-state index contributed by atoms with van der Waals surface area (Å²) in [6.45, 7) is -0.377. The van der Waals surface area contributed by atoms with Gasteiger partial charge < -0.3 is 10.0 Å². The fourth-order valence-electron chi connectivity index (χ4n) is 1.60. The van der Waals surface area contributed by atoms with E-state index in [1.54, 1.807) is 23.6 Å². The number of nitrogens with zero attached hydrogens (tertiary/aromatic N) is 2. The van der Waals surface area contributed by atoms with E-state index in [0.29, 0.717) is 15.1 Å². The second kappa shape index (κ2) is 6.43. The van der Waals surface area contributed by atoms with Gasteiger partial charge in [0.1, 0.15) is 17.2 Å². The number of carbonyl (C=O) groups is 2. The molecule has 0 fully saturated rings. The molecule has 1 amide bonds. The fraction of sp³-hybridized carbons (Fsp3) is 0.154. The van der Waals surface area contributed by atoms with Crippen LogP contribution in [0.5, 0.6) is 0 Å². The number of benzene rings is 1. The SMILES string of the molecule is CN(CC(=O)O)C(=O)c1csc(-c2ccc(Cl)c(Cl)c2)n1. The van der Waals surface area contributed by atoms with Crippen LogP contribution >= 0.6 is 34.5 Å². The monoisotopic (exact) mass is 344 g/mol. The van der Waals surface area contributed by atoms with Crippen LogP contribution < -0.4 is 0 Å². The van der Waals surface area contributed by atoms with Gasteiger partial charge in [-0.1, -0.05) is 29.3 Å². The van der Waals surface area contributed by atoms with Crippen LogP contribution in [-0.2, 0) is 4.79 Å². The number of amides is 1. The molecule has 2 rings (SSSR count). The minimum atomic E-state index is -1.08. The van der Waals surface area contributed by atoms with Gasteiger partial charge in [-0.3, -0.25) is 9.59 Å². The highest BCUT2D eigenvalue weighted by atomic mass is 35.5.